The lowest BCUT2D eigenvalue weighted by Crippen LogP contribution is -2.28. The Balaban J connectivity index is 2.30. The number of ether oxygens (including phenoxy) is 1. The molecule has 1 aromatic rings. The fourth-order valence-corrected chi connectivity index (χ4v) is 3.24. The Morgan fingerprint density at radius 1 is 1.20 bits per heavy atom. The maximum absolute atomic E-state index is 5.85. The van der Waals surface area contributed by atoms with E-state index in [0.717, 1.165) is 25.3 Å². The zero-order valence-electron chi connectivity index (χ0n) is 13.1. The van der Waals surface area contributed by atoms with Gasteiger partial charge >= 0.3 is 0 Å². The SMILES string of the molecule is CCOc1ccc(C(CCN)N2CCCC2)c(C)c1C. The zero-order chi connectivity index (χ0) is 14.5. The zero-order valence-corrected chi connectivity index (χ0v) is 13.1. The topological polar surface area (TPSA) is 38.5 Å². The van der Waals surface area contributed by atoms with E-state index in [1.807, 2.05) is 6.92 Å². The van der Waals surface area contributed by atoms with Gasteiger partial charge in [-0.2, -0.15) is 0 Å². The van der Waals surface area contributed by atoms with Crippen molar-refractivity contribution in [1.82, 2.24) is 4.90 Å². The standard InChI is InChI=1S/C17H28N2O/c1-4-20-17-8-7-15(13(2)14(17)3)16(9-10-18)19-11-5-6-12-19/h7-8,16H,4-6,9-12,18H2,1-3H3. The number of hydrogen-bond donors (Lipinski definition) is 1. The number of rotatable bonds is 6. The van der Waals surface area contributed by atoms with Crippen LogP contribution in [0.2, 0.25) is 0 Å². The maximum Gasteiger partial charge on any atom is 0.122 e. The third kappa shape index (κ3) is 3.15. The van der Waals surface area contributed by atoms with Crippen LogP contribution in [0.15, 0.2) is 12.1 Å². The van der Waals surface area contributed by atoms with Gasteiger partial charge in [0.25, 0.3) is 0 Å². The Labute approximate surface area is 123 Å². The number of likely N-dealkylation sites (tertiary alicyclic amines) is 1. The second kappa shape index (κ2) is 7.09. The van der Waals surface area contributed by atoms with Crippen molar-refractivity contribution < 1.29 is 4.74 Å². The normalized spacial score (nSPS) is 17.4. The summed E-state index contributed by atoms with van der Waals surface area (Å²) >= 11 is 0. The molecule has 1 unspecified atom stereocenters. The van der Waals surface area contributed by atoms with Crippen molar-refractivity contribution in [2.75, 3.05) is 26.2 Å². The van der Waals surface area contributed by atoms with E-state index in [1.165, 1.54) is 42.6 Å². The average Bonchev–Trinajstić information content (AvgIpc) is 2.96. The Hall–Kier alpha value is -1.06. The number of nitrogens with zero attached hydrogens (tertiary/aromatic N) is 1. The molecule has 2 N–H and O–H groups in total. The highest BCUT2D eigenvalue weighted by Crippen LogP contribution is 2.34. The van der Waals surface area contributed by atoms with Crippen LogP contribution in [0.1, 0.15) is 48.9 Å². The molecule has 3 heteroatoms. The van der Waals surface area contributed by atoms with E-state index in [2.05, 4.69) is 30.9 Å². The van der Waals surface area contributed by atoms with E-state index in [1.54, 1.807) is 0 Å². The van der Waals surface area contributed by atoms with E-state index >= 15 is 0 Å². The van der Waals surface area contributed by atoms with E-state index in [0.29, 0.717) is 6.04 Å². The monoisotopic (exact) mass is 276 g/mol. The van der Waals surface area contributed by atoms with Gasteiger partial charge in [0.05, 0.1) is 6.61 Å². The summed E-state index contributed by atoms with van der Waals surface area (Å²) in [4.78, 5) is 2.59. The highest BCUT2D eigenvalue weighted by atomic mass is 16.5. The molecule has 1 heterocycles. The van der Waals surface area contributed by atoms with E-state index in [4.69, 9.17) is 10.5 Å². The van der Waals surface area contributed by atoms with Gasteiger partial charge in [-0.05, 0) is 82.4 Å². The number of benzene rings is 1. The largest absolute Gasteiger partial charge is 0.494 e. The first-order valence-electron chi connectivity index (χ1n) is 7.86. The molecule has 0 bridgehead atoms. The van der Waals surface area contributed by atoms with Crippen molar-refractivity contribution in [3.63, 3.8) is 0 Å². The molecule has 2 rings (SSSR count). The Morgan fingerprint density at radius 3 is 2.50 bits per heavy atom. The molecular weight excluding hydrogens is 248 g/mol. The molecule has 0 radical (unpaired) electrons. The molecular formula is C17H28N2O. The second-order valence-electron chi connectivity index (χ2n) is 5.67. The smallest absolute Gasteiger partial charge is 0.122 e. The highest BCUT2D eigenvalue weighted by Gasteiger charge is 2.24. The first-order valence-corrected chi connectivity index (χ1v) is 7.86. The van der Waals surface area contributed by atoms with Gasteiger partial charge in [-0.3, -0.25) is 4.90 Å². The summed E-state index contributed by atoms with van der Waals surface area (Å²) in [6.45, 7) is 10.3. The van der Waals surface area contributed by atoms with Crippen molar-refractivity contribution in [2.24, 2.45) is 5.73 Å². The maximum atomic E-state index is 5.85. The molecule has 0 aliphatic carbocycles. The lowest BCUT2D eigenvalue weighted by Gasteiger charge is -2.30. The second-order valence-corrected chi connectivity index (χ2v) is 5.67. The van der Waals surface area contributed by atoms with Gasteiger partial charge in [0.2, 0.25) is 0 Å². The minimum atomic E-state index is 0.469. The van der Waals surface area contributed by atoms with Crippen molar-refractivity contribution >= 4 is 0 Å². The lowest BCUT2D eigenvalue weighted by molar-refractivity contribution is 0.235. The fraction of sp³-hybridized carbons (Fsp3) is 0.647. The highest BCUT2D eigenvalue weighted by molar-refractivity contribution is 5.45. The quantitative estimate of drug-likeness (QED) is 0.867. The predicted molar refractivity (Wildman–Crippen MR) is 84.3 cm³/mol. The summed E-state index contributed by atoms with van der Waals surface area (Å²) in [6, 6.07) is 4.84. The Kier molecular flexibility index (Phi) is 5.44. The van der Waals surface area contributed by atoms with Crippen LogP contribution < -0.4 is 10.5 Å². The molecule has 1 aliphatic rings. The summed E-state index contributed by atoms with van der Waals surface area (Å²) in [5.74, 6) is 1.02. The van der Waals surface area contributed by atoms with Crippen LogP contribution in [0.3, 0.4) is 0 Å². The van der Waals surface area contributed by atoms with Crippen LogP contribution in [-0.4, -0.2) is 31.1 Å². The van der Waals surface area contributed by atoms with E-state index in [-0.39, 0.29) is 0 Å². The molecule has 20 heavy (non-hydrogen) atoms. The summed E-state index contributed by atoms with van der Waals surface area (Å²) < 4.78 is 5.70. The molecule has 1 aliphatic heterocycles. The molecule has 0 spiro atoms. The number of nitrogens with two attached hydrogens (primary N) is 1. The van der Waals surface area contributed by atoms with Gasteiger partial charge in [0.1, 0.15) is 5.75 Å². The summed E-state index contributed by atoms with van der Waals surface area (Å²) in [6.07, 6.45) is 3.67. The molecule has 112 valence electrons. The summed E-state index contributed by atoms with van der Waals surface area (Å²) in [7, 11) is 0. The first-order chi connectivity index (χ1) is 9.69. The summed E-state index contributed by atoms with van der Waals surface area (Å²) in [5, 5.41) is 0. The van der Waals surface area contributed by atoms with Gasteiger partial charge in [0.15, 0.2) is 0 Å². The van der Waals surface area contributed by atoms with Gasteiger partial charge in [-0.1, -0.05) is 6.07 Å². The molecule has 1 atom stereocenters. The molecule has 0 amide bonds. The van der Waals surface area contributed by atoms with E-state index in [9.17, 15) is 0 Å². The predicted octanol–water partition coefficient (Wildman–Crippen LogP) is 3.19. The molecule has 0 saturated carbocycles. The van der Waals surface area contributed by atoms with Gasteiger partial charge in [-0.15, -0.1) is 0 Å². The van der Waals surface area contributed by atoms with Crippen LogP contribution in [0, 0.1) is 13.8 Å². The molecule has 0 aromatic heterocycles. The van der Waals surface area contributed by atoms with Crippen LogP contribution in [-0.2, 0) is 0 Å². The van der Waals surface area contributed by atoms with Crippen molar-refractivity contribution in [3.05, 3.63) is 28.8 Å². The lowest BCUT2D eigenvalue weighted by atomic mass is 9.94. The average molecular weight is 276 g/mol. The van der Waals surface area contributed by atoms with Crippen molar-refractivity contribution in [1.29, 1.82) is 0 Å². The third-order valence-electron chi connectivity index (χ3n) is 4.46. The van der Waals surface area contributed by atoms with Crippen LogP contribution in [0.4, 0.5) is 0 Å². The van der Waals surface area contributed by atoms with Gasteiger partial charge in [0, 0.05) is 6.04 Å². The molecule has 1 saturated heterocycles. The first kappa shape index (κ1) is 15.3. The molecule has 1 aromatic carbocycles. The fourth-order valence-electron chi connectivity index (χ4n) is 3.24. The van der Waals surface area contributed by atoms with Crippen LogP contribution >= 0.6 is 0 Å². The minimum Gasteiger partial charge on any atom is -0.494 e. The van der Waals surface area contributed by atoms with E-state index < -0.39 is 0 Å². The van der Waals surface area contributed by atoms with Crippen LogP contribution in [0.25, 0.3) is 0 Å². The Bertz CT molecular complexity index is 439. The van der Waals surface area contributed by atoms with Crippen molar-refractivity contribution in [3.8, 4) is 5.75 Å². The van der Waals surface area contributed by atoms with Gasteiger partial charge in [-0.25, -0.2) is 0 Å². The molecule has 3 nitrogen and oxygen atoms in total. The number of hydrogen-bond acceptors (Lipinski definition) is 3. The van der Waals surface area contributed by atoms with Crippen molar-refractivity contribution in [2.45, 2.75) is 46.1 Å². The third-order valence-corrected chi connectivity index (χ3v) is 4.46. The summed E-state index contributed by atoms with van der Waals surface area (Å²) in [5.41, 5.74) is 9.91. The van der Waals surface area contributed by atoms with Gasteiger partial charge < -0.3 is 10.5 Å². The molecule has 1 fully saturated rings. The minimum absolute atomic E-state index is 0.469. The Morgan fingerprint density at radius 2 is 1.90 bits per heavy atom. The van der Waals surface area contributed by atoms with Crippen LogP contribution in [0.5, 0.6) is 5.75 Å².